The summed E-state index contributed by atoms with van der Waals surface area (Å²) in [5.41, 5.74) is 1.26. The van der Waals surface area contributed by atoms with Crippen LogP contribution in [0.15, 0.2) is 34.9 Å². The lowest BCUT2D eigenvalue weighted by Crippen LogP contribution is -2.27. The van der Waals surface area contributed by atoms with Crippen LogP contribution in [0.2, 0.25) is 0 Å². The van der Waals surface area contributed by atoms with Crippen molar-refractivity contribution in [3.8, 4) is 11.5 Å². The Morgan fingerprint density at radius 2 is 2.22 bits per heavy atom. The fourth-order valence-corrected chi connectivity index (χ4v) is 2.72. The molecule has 0 bridgehead atoms. The molecule has 1 unspecified atom stereocenters. The second kappa shape index (κ2) is 7.37. The summed E-state index contributed by atoms with van der Waals surface area (Å²) in [4.78, 5) is 16.2. The molecule has 1 fully saturated rings. The van der Waals surface area contributed by atoms with E-state index in [0.717, 1.165) is 19.5 Å². The molecule has 2 aromatic rings. The Morgan fingerprint density at radius 1 is 1.39 bits per heavy atom. The van der Waals surface area contributed by atoms with Crippen molar-refractivity contribution in [1.82, 2.24) is 15.6 Å². The number of halogens is 1. The van der Waals surface area contributed by atoms with Crippen LogP contribution >= 0.6 is 0 Å². The van der Waals surface area contributed by atoms with E-state index in [1.807, 2.05) is 0 Å². The largest absolute Gasteiger partial charge is 0.444 e. The molecule has 0 spiro atoms. The zero-order valence-electron chi connectivity index (χ0n) is 12.8. The highest BCUT2D eigenvalue weighted by atomic mass is 19.1. The quantitative estimate of drug-likeness (QED) is 0.856. The van der Waals surface area contributed by atoms with Crippen molar-refractivity contribution in [3.63, 3.8) is 0 Å². The first kappa shape index (κ1) is 15.7. The molecule has 23 heavy (non-hydrogen) atoms. The van der Waals surface area contributed by atoms with Crippen LogP contribution in [0.5, 0.6) is 0 Å². The number of benzene rings is 1. The third kappa shape index (κ3) is 4.39. The molecular weight excluding hydrogens is 297 g/mol. The second-order valence-electron chi connectivity index (χ2n) is 5.83. The van der Waals surface area contributed by atoms with Gasteiger partial charge in [0.05, 0.1) is 12.1 Å². The number of nitrogens with one attached hydrogen (secondary N) is 2. The number of aromatic nitrogens is 1. The van der Waals surface area contributed by atoms with E-state index in [1.165, 1.54) is 24.8 Å². The molecule has 1 saturated heterocycles. The van der Waals surface area contributed by atoms with E-state index >= 15 is 0 Å². The Balaban J connectivity index is 1.48. The zero-order chi connectivity index (χ0) is 16.1. The number of carbonyl (C=O) groups is 1. The van der Waals surface area contributed by atoms with Crippen LogP contribution in [-0.2, 0) is 11.2 Å². The van der Waals surface area contributed by atoms with Crippen molar-refractivity contribution in [1.29, 1.82) is 0 Å². The molecule has 0 aliphatic carbocycles. The molecule has 1 atom stereocenters. The first-order valence-electron chi connectivity index (χ1n) is 7.88. The summed E-state index contributed by atoms with van der Waals surface area (Å²) in [6.45, 7) is 2.80. The number of carbonyl (C=O) groups excluding carboxylic acids is 1. The summed E-state index contributed by atoms with van der Waals surface area (Å²) in [6, 6.07) is 5.90. The van der Waals surface area contributed by atoms with E-state index in [-0.39, 0.29) is 18.1 Å². The minimum atomic E-state index is -0.308. The smallest absolute Gasteiger partial charge is 0.226 e. The normalized spacial score (nSPS) is 17.3. The third-order valence-corrected chi connectivity index (χ3v) is 4.02. The first-order valence-corrected chi connectivity index (χ1v) is 7.88. The van der Waals surface area contributed by atoms with Gasteiger partial charge < -0.3 is 15.1 Å². The van der Waals surface area contributed by atoms with Crippen molar-refractivity contribution in [3.05, 3.63) is 42.0 Å². The van der Waals surface area contributed by atoms with Gasteiger partial charge in [-0.2, -0.15) is 0 Å². The van der Waals surface area contributed by atoms with Gasteiger partial charge in [0.25, 0.3) is 0 Å². The lowest BCUT2D eigenvalue weighted by Gasteiger charge is -2.08. The van der Waals surface area contributed by atoms with Gasteiger partial charge in [0.1, 0.15) is 12.1 Å². The summed E-state index contributed by atoms with van der Waals surface area (Å²) >= 11 is 0. The third-order valence-electron chi connectivity index (χ3n) is 4.02. The van der Waals surface area contributed by atoms with Gasteiger partial charge in [-0.05, 0) is 56.1 Å². The minimum Gasteiger partial charge on any atom is -0.444 e. The van der Waals surface area contributed by atoms with Crippen LogP contribution in [0, 0.1) is 11.7 Å². The lowest BCUT2D eigenvalue weighted by atomic mass is 10.1. The fourth-order valence-electron chi connectivity index (χ4n) is 2.72. The second-order valence-corrected chi connectivity index (χ2v) is 5.83. The summed E-state index contributed by atoms with van der Waals surface area (Å²) in [5, 5.41) is 6.23. The monoisotopic (exact) mass is 317 g/mol. The molecule has 0 saturated carbocycles. The highest BCUT2D eigenvalue weighted by molar-refractivity contribution is 5.78. The molecule has 1 aliphatic heterocycles. The Labute approximate surface area is 134 Å². The average Bonchev–Trinajstić information content (AvgIpc) is 3.20. The zero-order valence-corrected chi connectivity index (χ0v) is 12.8. The molecule has 1 amide bonds. The van der Waals surface area contributed by atoms with Crippen molar-refractivity contribution in [2.24, 2.45) is 5.92 Å². The van der Waals surface area contributed by atoms with Gasteiger partial charge >= 0.3 is 0 Å². The topological polar surface area (TPSA) is 67.2 Å². The molecule has 122 valence electrons. The summed E-state index contributed by atoms with van der Waals surface area (Å²) in [5.74, 6) is 0.685. The molecule has 3 rings (SSSR count). The van der Waals surface area contributed by atoms with E-state index in [4.69, 9.17) is 4.42 Å². The van der Waals surface area contributed by atoms with Crippen molar-refractivity contribution in [2.75, 3.05) is 19.6 Å². The predicted molar refractivity (Wildman–Crippen MR) is 84.2 cm³/mol. The van der Waals surface area contributed by atoms with E-state index in [9.17, 15) is 9.18 Å². The molecule has 2 heterocycles. The van der Waals surface area contributed by atoms with Crippen LogP contribution in [0.4, 0.5) is 4.39 Å². The van der Waals surface area contributed by atoms with Crippen LogP contribution in [0.25, 0.3) is 11.5 Å². The van der Waals surface area contributed by atoms with Crippen molar-refractivity contribution >= 4 is 5.91 Å². The minimum absolute atomic E-state index is 0.0603. The van der Waals surface area contributed by atoms with Crippen molar-refractivity contribution < 1.29 is 13.6 Å². The van der Waals surface area contributed by atoms with E-state index < -0.39 is 0 Å². The number of nitrogens with zero attached hydrogens (tertiary/aromatic N) is 1. The van der Waals surface area contributed by atoms with Crippen molar-refractivity contribution in [2.45, 2.75) is 19.3 Å². The molecule has 2 N–H and O–H groups in total. The highest BCUT2D eigenvalue weighted by Gasteiger charge is 2.15. The van der Waals surface area contributed by atoms with Gasteiger partial charge in [-0.15, -0.1) is 0 Å². The molecule has 0 radical (unpaired) electrons. The average molecular weight is 317 g/mol. The number of hydrogen-bond acceptors (Lipinski definition) is 4. The Morgan fingerprint density at radius 3 is 2.96 bits per heavy atom. The molecule has 1 aliphatic rings. The van der Waals surface area contributed by atoms with Gasteiger partial charge in [-0.3, -0.25) is 4.79 Å². The predicted octanol–water partition coefficient (Wildman–Crippen LogP) is 2.14. The number of rotatable bonds is 6. The molecule has 6 heteroatoms. The molecule has 5 nitrogen and oxygen atoms in total. The molecule has 1 aromatic carbocycles. The van der Waals surface area contributed by atoms with Gasteiger partial charge in [-0.1, -0.05) is 0 Å². The number of amides is 1. The summed E-state index contributed by atoms with van der Waals surface area (Å²) in [7, 11) is 0. The number of hydrogen-bond donors (Lipinski definition) is 2. The van der Waals surface area contributed by atoms with Crippen LogP contribution < -0.4 is 10.6 Å². The first-order chi connectivity index (χ1) is 11.2. The maximum absolute atomic E-state index is 12.9. The van der Waals surface area contributed by atoms with E-state index in [0.29, 0.717) is 29.6 Å². The maximum atomic E-state index is 12.9. The summed E-state index contributed by atoms with van der Waals surface area (Å²) < 4.78 is 18.3. The maximum Gasteiger partial charge on any atom is 0.226 e. The van der Waals surface area contributed by atoms with E-state index in [1.54, 1.807) is 12.1 Å². The molecular formula is C17H20FN3O2. The molecule has 1 aromatic heterocycles. The van der Waals surface area contributed by atoms with Gasteiger partial charge in [0.15, 0.2) is 0 Å². The van der Waals surface area contributed by atoms with Gasteiger partial charge in [0.2, 0.25) is 11.8 Å². The fraction of sp³-hybridized carbons (Fsp3) is 0.412. The Bertz CT molecular complexity index is 648. The highest BCUT2D eigenvalue weighted by Crippen LogP contribution is 2.19. The standard InChI is InChI=1S/C17H20FN3O2/c18-14-3-1-13(2-4-14)17-21-15(11-23-17)9-16(22)20-8-6-12-5-7-19-10-12/h1-4,11-12,19H,5-10H2,(H,20,22). The SMILES string of the molecule is O=C(Cc1coc(-c2ccc(F)cc2)n1)NCCC1CCNC1. The van der Waals surface area contributed by atoms with Crippen LogP contribution in [0.1, 0.15) is 18.5 Å². The number of oxazole rings is 1. The van der Waals surface area contributed by atoms with Crippen LogP contribution in [0.3, 0.4) is 0 Å². The summed E-state index contributed by atoms with van der Waals surface area (Å²) in [6.07, 6.45) is 3.84. The van der Waals surface area contributed by atoms with E-state index in [2.05, 4.69) is 15.6 Å². The van der Waals surface area contributed by atoms with Gasteiger partial charge in [-0.25, -0.2) is 9.37 Å². The Kier molecular flexibility index (Phi) is 5.02. The van der Waals surface area contributed by atoms with Gasteiger partial charge in [0, 0.05) is 12.1 Å². The Hall–Kier alpha value is -2.21. The lowest BCUT2D eigenvalue weighted by molar-refractivity contribution is -0.120. The van der Waals surface area contributed by atoms with Crippen LogP contribution in [-0.4, -0.2) is 30.5 Å².